The van der Waals surface area contributed by atoms with E-state index in [4.69, 9.17) is 0 Å². The first kappa shape index (κ1) is 16.5. The lowest BCUT2D eigenvalue weighted by Gasteiger charge is -2.13. The van der Waals surface area contributed by atoms with Gasteiger partial charge in [-0.1, -0.05) is 6.07 Å². The third kappa shape index (κ3) is 3.64. The van der Waals surface area contributed by atoms with E-state index < -0.39 is 15.8 Å². The van der Waals surface area contributed by atoms with Crippen LogP contribution >= 0.6 is 31.9 Å². The topological polar surface area (TPSA) is 46.2 Å². The van der Waals surface area contributed by atoms with Crippen molar-refractivity contribution in [3.05, 3.63) is 56.2 Å². The van der Waals surface area contributed by atoms with Crippen LogP contribution < -0.4 is 4.72 Å². The van der Waals surface area contributed by atoms with Crippen molar-refractivity contribution in [3.8, 4) is 0 Å². The van der Waals surface area contributed by atoms with Crippen molar-refractivity contribution >= 4 is 47.6 Å². The molecule has 0 aliphatic rings. The van der Waals surface area contributed by atoms with Gasteiger partial charge in [-0.3, -0.25) is 4.72 Å². The van der Waals surface area contributed by atoms with Crippen molar-refractivity contribution in [1.29, 1.82) is 0 Å². The molecule has 0 saturated carbocycles. The molecule has 0 fully saturated rings. The van der Waals surface area contributed by atoms with Crippen LogP contribution in [0, 0.1) is 19.7 Å². The van der Waals surface area contributed by atoms with E-state index in [0.29, 0.717) is 10.2 Å². The van der Waals surface area contributed by atoms with E-state index in [2.05, 4.69) is 36.6 Å². The Morgan fingerprint density at radius 1 is 1.05 bits per heavy atom. The molecule has 7 heteroatoms. The number of hydrogen-bond acceptors (Lipinski definition) is 2. The molecule has 0 saturated heterocycles. The maximum Gasteiger partial charge on any atom is 0.262 e. The lowest BCUT2D eigenvalue weighted by molar-refractivity contribution is 0.593. The minimum atomic E-state index is -3.85. The van der Waals surface area contributed by atoms with Gasteiger partial charge in [0.1, 0.15) is 5.82 Å². The van der Waals surface area contributed by atoms with Crippen LogP contribution in [-0.2, 0) is 10.0 Å². The molecular weight excluding hydrogens is 425 g/mol. The normalized spacial score (nSPS) is 11.5. The predicted molar refractivity (Wildman–Crippen MR) is 88.5 cm³/mol. The van der Waals surface area contributed by atoms with Gasteiger partial charge in [0.15, 0.2) is 0 Å². The highest BCUT2D eigenvalue weighted by atomic mass is 79.9. The summed E-state index contributed by atoms with van der Waals surface area (Å²) >= 11 is 6.34. The highest BCUT2D eigenvalue weighted by molar-refractivity contribution is 9.10. The number of hydrogen-bond donors (Lipinski definition) is 1. The molecule has 3 nitrogen and oxygen atoms in total. The molecule has 0 heterocycles. The van der Waals surface area contributed by atoms with Crippen molar-refractivity contribution in [3.63, 3.8) is 0 Å². The van der Waals surface area contributed by atoms with Gasteiger partial charge < -0.3 is 0 Å². The zero-order valence-corrected chi connectivity index (χ0v) is 15.2. The summed E-state index contributed by atoms with van der Waals surface area (Å²) in [5, 5.41) is 0. The summed E-state index contributed by atoms with van der Waals surface area (Å²) in [5.74, 6) is -0.627. The van der Waals surface area contributed by atoms with Gasteiger partial charge in [-0.2, -0.15) is 0 Å². The summed E-state index contributed by atoms with van der Waals surface area (Å²) in [5.41, 5.74) is 2.24. The standard InChI is InChI=1S/C14H12Br2FNO2S/c1-8-5-9(2)14(12(16)6-8)18-21(19,20)10-3-4-11(15)13(17)7-10/h3-7,18H,1-2H3. The van der Waals surface area contributed by atoms with Crippen LogP contribution in [0.15, 0.2) is 44.2 Å². The zero-order chi connectivity index (χ0) is 15.8. The number of benzene rings is 2. The minimum Gasteiger partial charge on any atom is -0.278 e. The van der Waals surface area contributed by atoms with Crippen LogP contribution in [0.4, 0.5) is 10.1 Å². The molecule has 0 bridgehead atoms. The fourth-order valence-electron chi connectivity index (χ4n) is 1.88. The van der Waals surface area contributed by atoms with Gasteiger partial charge in [0, 0.05) is 4.47 Å². The summed E-state index contributed by atoms with van der Waals surface area (Å²) in [7, 11) is -3.85. The largest absolute Gasteiger partial charge is 0.278 e. The molecule has 2 aromatic rings. The first-order valence-corrected chi connectivity index (χ1v) is 9.02. The Morgan fingerprint density at radius 3 is 2.29 bits per heavy atom. The minimum absolute atomic E-state index is 0.130. The van der Waals surface area contributed by atoms with Crippen LogP contribution in [0.2, 0.25) is 0 Å². The van der Waals surface area contributed by atoms with Crippen molar-refractivity contribution in [2.24, 2.45) is 0 Å². The van der Waals surface area contributed by atoms with Gasteiger partial charge in [0.25, 0.3) is 10.0 Å². The lowest BCUT2D eigenvalue weighted by atomic mass is 10.1. The fraction of sp³-hybridized carbons (Fsp3) is 0.143. The molecule has 1 N–H and O–H groups in total. The van der Waals surface area contributed by atoms with E-state index in [1.807, 2.05) is 19.1 Å². The predicted octanol–water partition coefficient (Wildman–Crippen LogP) is 4.77. The highest BCUT2D eigenvalue weighted by Gasteiger charge is 2.18. The Balaban J connectivity index is 2.44. The van der Waals surface area contributed by atoms with E-state index in [0.717, 1.165) is 17.2 Å². The second kappa shape index (κ2) is 6.06. The monoisotopic (exact) mass is 435 g/mol. The first-order chi connectivity index (χ1) is 9.70. The second-order valence-corrected chi connectivity index (χ2v) is 8.01. The quantitative estimate of drug-likeness (QED) is 0.753. The molecule has 0 atom stereocenters. The Hall–Kier alpha value is -0.920. The number of aryl methyl sites for hydroxylation is 2. The van der Waals surface area contributed by atoms with Crippen LogP contribution in [0.5, 0.6) is 0 Å². The Kier molecular flexibility index (Phi) is 4.75. The lowest BCUT2D eigenvalue weighted by Crippen LogP contribution is -2.14. The van der Waals surface area contributed by atoms with Gasteiger partial charge >= 0.3 is 0 Å². The van der Waals surface area contributed by atoms with Crippen LogP contribution in [0.1, 0.15) is 11.1 Å². The SMILES string of the molecule is Cc1cc(C)c(NS(=O)(=O)c2ccc(Br)c(F)c2)c(Br)c1. The summed E-state index contributed by atoms with van der Waals surface area (Å²) in [4.78, 5) is -0.130. The summed E-state index contributed by atoms with van der Waals surface area (Å²) in [6.07, 6.45) is 0. The average molecular weight is 437 g/mol. The smallest absolute Gasteiger partial charge is 0.262 e. The molecule has 21 heavy (non-hydrogen) atoms. The van der Waals surface area contributed by atoms with Crippen LogP contribution in [0.25, 0.3) is 0 Å². The van der Waals surface area contributed by atoms with Gasteiger partial charge in [-0.05, 0) is 81.1 Å². The zero-order valence-electron chi connectivity index (χ0n) is 11.2. The Labute approximate surface area is 139 Å². The van der Waals surface area contributed by atoms with Gasteiger partial charge in [-0.25, -0.2) is 12.8 Å². The van der Waals surface area contributed by atoms with E-state index in [1.54, 1.807) is 6.92 Å². The van der Waals surface area contributed by atoms with E-state index >= 15 is 0 Å². The van der Waals surface area contributed by atoms with Crippen molar-refractivity contribution in [2.75, 3.05) is 4.72 Å². The third-order valence-electron chi connectivity index (χ3n) is 2.87. The van der Waals surface area contributed by atoms with Crippen molar-refractivity contribution in [2.45, 2.75) is 18.7 Å². The molecule has 0 aromatic heterocycles. The first-order valence-electron chi connectivity index (χ1n) is 5.95. The Bertz CT molecular complexity index is 784. The second-order valence-electron chi connectivity index (χ2n) is 4.62. The molecule has 0 aliphatic carbocycles. The molecule has 0 aliphatic heterocycles. The molecule has 2 aromatic carbocycles. The number of nitrogens with one attached hydrogen (secondary N) is 1. The average Bonchev–Trinajstić information content (AvgIpc) is 2.37. The summed E-state index contributed by atoms with van der Waals surface area (Å²) in [6, 6.07) is 7.36. The fourth-order valence-corrected chi connectivity index (χ4v) is 4.20. The highest BCUT2D eigenvalue weighted by Crippen LogP contribution is 2.30. The Morgan fingerprint density at radius 2 is 1.71 bits per heavy atom. The molecule has 0 amide bonds. The van der Waals surface area contributed by atoms with Crippen LogP contribution in [-0.4, -0.2) is 8.42 Å². The molecule has 2 rings (SSSR count). The number of halogens is 3. The molecule has 112 valence electrons. The maximum absolute atomic E-state index is 13.5. The van der Waals surface area contributed by atoms with Gasteiger partial charge in [0.05, 0.1) is 15.1 Å². The molecule has 0 radical (unpaired) electrons. The number of sulfonamides is 1. The van der Waals surface area contributed by atoms with Gasteiger partial charge in [-0.15, -0.1) is 0 Å². The molecule has 0 unspecified atom stereocenters. The number of rotatable bonds is 3. The maximum atomic E-state index is 13.5. The van der Waals surface area contributed by atoms with Crippen LogP contribution in [0.3, 0.4) is 0 Å². The molecular formula is C14H12Br2FNO2S. The van der Waals surface area contributed by atoms with Crippen molar-refractivity contribution < 1.29 is 12.8 Å². The van der Waals surface area contributed by atoms with Crippen molar-refractivity contribution in [1.82, 2.24) is 0 Å². The molecule has 0 spiro atoms. The van der Waals surface area contributed by atoms with E-state index in [1.165, 1.54) is 12.1 Å². The third-order valence-corrected chi connectivity index (χ3v) is 5.49. The van der Waals surface area contributed by atoms with E-state index in [-0.39, 0.29) is 9.37 Å². The number of anilines is 1. The van der Waals surface area contributed by atoms with E-state index in [9.17, 15) is 12.8 Å². The summed E-state index contributed by atoms with van der Waals surface area (Å²) in [6.45, 7) is 3.72. The summed E-state index contributed by atoms with van der Waals surface area (Å²) < 4.78 is 41.5. The van der Waals surface area contributed by atoms with Gasteiger partial charge in [0.2, 0.25) is 0 Å².